The molecule has 6 nitrogen and oxygen atoms in total. The number of hydrogen-bond donors (Lipinski definition) is 0. The van der Waals surface area contributed by atoms with E-state index in [2.05, 4.69) is 20.8 Å². The Labute approximate surface area is 171 Å². The van der Waals surface area contributed by atoms with Crippen LogP contribution in [0, 0.1) is 0 Å². The molecular weight excluding hydrogens is 424 g/mol. The summed E-state index contributed by atoms with van der Waals surface area (Å²) in [6.45, 7) is 2.88. The van der Waals surface area contributed by atoms with Gasteiger partial charge in [0.15, 0.2) is 4.67 Å². The first kappa shape index (κ1) is 18.7. The molecule has 0 spiro atoms. The monoisotopic (exact) mass is 444 g/mol. The first-order valence-electron chi connectivity index (χ1n) is 9.04. The number of carbonyl (C=O) groups excluding carboxylic acids is 1. The zero-order chi connectivity index (χ0) is 19.7. The van der Waals surface area contributed by atoms with Gasteiger partial charge in [0.25, 0.3) is 5.91 Å². The van der Waals surface area contributed by atoms with Crippen molar-refractivity contribution >= 4 is 38.5 Å². The number of halogens is 1. The zero-order valence-electron chi connectivity index (χ0n) is 15.8. The number of piperazine rings is 1. The molecule has 28 heavy (non-hydrogen) atoms. The standard InChI is InChI=1S/C21H21BrN2O4/c1-26-16-5-3-15(4-6-16)23-7-9-24(10-8-23)21(25)14-11-18(27-2)17-13-20(22)28-19(17)12-14/h3-6,11-13H,7-10H2,1-2H3. The molecule has 2 heterocycles. The number of carbonyl (C=O) groups is 1. The van der Waals surface area contributed by atoms with Crippen LogP contribution in [0.4, 0.5) is 5.69 Å². The van der Waals surface area contributed by atoms with Crippen molar-refractivity contribution in [1.82, 2.24) is 4.90 Å². The third-order valence-corrected chi connectivity index (χ3v) is 5.43. The number of furan rings is 1. The smallest absolute Gasteiger partial charge is 0.254 e. The number of nitrogens with zero attached hydrogens (tertiary/aromatic N) is 2. The highest BCUT2D eigenvalue weighted by Crippen LogP contribution is 2.33. The Morgan fingerprint density at radius 1 is 1.00 bits per heavy atom. The molecule has 1 saturated heterocycles. The van der Waals surface area contributed by atoms with E-state index in [1.807, 2.05) is 35.2 Å². The minimum absolute atomic E-state index is 0.0119. The highest BCUT2D eigenvalue weighted by Gasteiger charge is 2.24. The van der Waals surface area contributed by atoms with Crippen molar-refractivity contribution in [1.29, 1.82) is 0 Å². The predicted molar refractivity (Wildman–Crippen MR) is 112 cm³/mol. The SMILES string of the molecule is COc1ccc(N2CCN(C(=O)c3cc(OC)c4cc(Br)oc4c3)CC2)cc1. The summed E-state index contributed by atoms with van der Waals surface area (Å²) in [5.74, 6) is 1.46. The van der Waals surface area contributed by atoms with E-state index in [1.165, 1.54) is 0 Å². The number of fused-ring (bicyclic) bond motifs is 1. The van der Waals surface area contributed by atoms with Crippen molar-refractivity contribution in [2.24, 2.45) is 0 Å². The molecule has 3 aromatic rings. The first-order chi connectivity index (χ1) is 13.6. The zero-order valence-corrected chi connectivity index (χ0v) is 17.4. The van der Waals surface area contributed by atoms with Gasteiger partial charge in [-0.05, 0) is 52.3 Å². The van der Waals surface area contributed by atoms with Crippen LogP contribution in [0.5, 0.6) is 11.5 Å². The third kappa shape index (κ3) is 3.54. The Morgan fingerprint density at radius 2 is 1.71 bits per heavy atom. The second kappa shape index (κ2) is 7.75. The van der Waals surface area contributed by atoms with Gasteiger partial charge in [0.2, 0.25) is 0 Å². The molecule has 0 radical (unpaired) electrons. The molecule has 1 amide bonds. The molecular formula is C21H21BrN2O4. The van der Waals surface area contributed by atoms with Crippen LogP contribution in [0.25, 0.3) is 11.0 Å². The van der Waals surface area contributed by atoms with Crippen molar-refractivity contribution in [3.63, 3.8) is 0 Å². The van der Waals surface area contributed by atoms with Crippen LogP contribution in [0.1, 0.15) is 10.4 Å². The maximum Gasteiger partial charge on any atom is 0.254 e. The lowest BCUT2D eigenvalue weighted by molar-refractivity contribution is 0.0746. The maximum absolute atomic E-state index is 13.0. The van der Waals surface area contributed by atoms with Gasteiger partial charge in [-0.15, -0.1) is 0 Å². The molecule has 0 aliphatic carbocycles. The minimum Gasteiger partial charge on any atom is -0.497 e. The number of anilines is 1. The molecule has 1 aliphatic heterocycles. The molecule has 0 N–H and O–H groups in total. The van der Waals surface area contributed by atoms with Crippen molar-refractivity contribution in [2.75, 3.05) is 45.3 Å². The van der Waals surface area contributed by atoms with E-state index in [0.717, 1.165) is 29.9 Å². The van der Waals surface area contributed by atoms with Crippen LogP contribution in [0.3, 0.4) is 0 Å². The largest absolute Gasteiger partial charge is 0.497 e. The molecule has 1 aliphatic rings. The van der Waals surface area contributed by atoms with Gasteiger partial charge in [0.1, 0.15) is 17.1 Å². The van der Waals surface area contributed by atoms with E-state index in [-0.39, 0.29) is 5.91 Å². The van der Waals surface area contributed by atoms with Gasteiger partial charge in [0.05, 0.1) is 19.6 Å². The lowest BCUT2D eigenvalue weighted by atomic mass is 10.1. The fourth-order valence-corrected chi connectivity index (χ4v) is 3.91. The minimum atomic E-state index is -0.0119. The van der Waals surface area contributed by atoms with Gasteiger partial charge in [0, 0.05) is 43.5 Å². The van der Waals surface area contributed by atoms with Crippen molar-refractivity contribution in [2.45, 2.75) is 0 Å². The summed E-state index contributed by atoms with van der Waals surface area (Å²) in [7, 11) is 3.25. The highest BCUT2D eigenvalue weighted by molar-refractivity contribution is 9.10. The van der Waals surface area contributed by atoms with Crippen LogP contribution in [-0.2, 0) is 0 Å². The normalized spacial score (nSPS) is 14.4. The second-order valence-corrected chi connectivity index (χ2v) is 7.40. The molecule has 0 unspecified atom stereocenters. The highest BCUT2D eigenvalue weighted by atomic mass is 79.9. The summed E-state index contributed by atoms with van der Waals surface area (Å²) in [4.78, 5) is 17.2. The molecule has 146 valence electrons. The fourth-order valence-electron chi connectivity index (χ4n) is 3.51. The summed E-state index contributed by atoms with van der Waals surface area (Å²) in [6, 6.07) is 13.4. The Kier molecular flexibility index (Phi) is 5.17. The third-order valence-electron chi connectivity index (χ3n) is 5.04. The maximum atomic E-state index is 13.0. The number of amides is 1. The molecule has 7 heteroatoms. The van der Waals surface area contributed by atoms with Crippen LogP contribution < -0.4 is 14.4 Å². The van der Waals surface area contributed by atoms with E-state index in [0.29, 0.717) is 34.7 Å². The Balaban J connectivity index is 1.48. The summed E-state index contributed by atoms with van der Waals surface area (Å²) in [5.41, 5.74) is 2.34. The van der Waals surface area contributed by atoms with Crippen LogP contribution in [0.15, 0.2) is 51.6 Å². The van der Waals surface area contributed by atoms with Crippen molar-refractivity contribution in [3.05, 3.63) is 52.7 Å². The van der Waals surface area contributed by atoms with Crippen LogP contribution >= 0.6 is 15.9 Å². The molecule has 4 rings (SSSR count). The summed E-state index contributed by atoms with van der Waals surface area (Å²) >= 11 is 3.33. The second-order valence-electron chi connectivity index (χ2n) is 6.62. The molecule has 1 fully saturated rings. The summed E-state index contributed by atoms with van der Waals surface area (Å²) < 4.78 is 16.9. The Hall–Kier alpha value is -2.67. The number of rotatable bonds is 4. The van der Waals surface area contributed by atoms with Gasteiger partial charge in [-0.3, -0.25) is 4.79 Å². The number of benzene rings is 2. The summed E-state index contributed by atoms with van der Waals surface area (Å²) in [5, 5.41) is 0.843. The molecule has 0 atom stereocenters. The number of methoxy groups -OCH3 is 2. The Morgan fingerprint density at radius 3 is 2.36 bits per heavy atom. The predicted octanol–water partition coefficient (Wildman–Crippen LogP) is 4.17. The summed E-state index contributed by atoms with van der Waals surface area (Å²) in [6.07, 6.45) is 0. The van der Waals surface area contributed by atoms with E-state index in [9.17, 15) is 4.79 Å². The molecule has 0 saturated carbocycles. The number of hydrogen-bond acceptors (Lipinski definition) is 5. The molecule has 2 aromatic carbocycles. The van der Waals surface area contributed by atoms with E-state index >= 15 is 0 Å². The first-order valence-corrected chi connectivity index (χ1v) is 9.83. The van der Waals surface area contributed by atoms with Gasteiger partial charge in [-0.25, -0.2) is 0 Å². The average molecular weight is 445 g/mol. The van der Waals surface area contributed by atoms with Crippen LogP contribution in [-0.4, -0.2) is 51.2 Å². The van der Waals surface area contributed by atoms with Gasteiger partial charge < -0.3 is 23.7 Å². The molecule has 1 aromatic heterocycles. The molecule has 0 bridgehead atoms. The van der Waals surface area contributed by atoms with Gasteiger partial charge in [-0.1, -0.05) is 0 Å². The van der Waals surface area contributed by atoms with E-state index in [4.69, 9.17) is 13.9 Å². The quantitative estimate of drug-likeness (QED) is 0.604. The van der Waals surface area contributed by atoms with Gasteiger partial charge in [-0.2, -0.15) is 0 Å². The fraction of sp³-hybridized carbons (Fsp3) is 0.286. The van der Waals surface area contributed by atoms with Crippen molar-refractivity contribution < 1.29 is 18.7 Å². The number of ether oxygens (including phenoxy) is 2. The van der Waals surface area contributed by atoms with Crippen LogP contribution in [0.2, 0.25) is 0 Å². The van der Waals surface area contributed by atoms with Crippen molar-refractivity contribution in [3.8, 4) is 11.5 Å². The lowest BCUT2D eigenvalue weighted by Crippen LogP contribution is -2.48. The topological polar surface area (TPSA) is 55.2 Å². The van der Waals surface area contributed by atoms with E-state index < -0.39 is 0 Å². The Bertz CT molecular complexity index is 992. The van der Waals surface area contributed by atoms with Gasteiger partial charge >= 0.3 is 0 Å². The average Bonchev–Trinajstić information content (AvgIpc) is 3.12. The lowest BCUT2D eigenvalue weighted by Gasteiger charge is -2.36. The van der Waals surface area contributed by atoms with E-state index in [1.54, 1.807) is 26.4 Å².